The van der Waals surface area contributed by atoms with Gasteiger partial charge in [-0.15, -0.1) is 0 Å². The van der Waals surface area contributed by atoms with Crippen LogP contribution in [0, 0.1) is 12.8 Å². The average molecular weight is 503 g/mol. The minimum absolute atomic E-state index is 0.149. The predicted molar refractivity (Wildman–Crippen MR) is 146 cm³/mol. The van der Waals surface area contributed by atoms with Crippen LogP contribution < -0.4 is 15.4 Å². The standard InChI is InChI=1S/C30H38N4O3/c1-20-25-8-3-4-9-26(25)32-28(20)30(36)33-27(13-12-21-10-11-21)29(35)31-19-22-6-5-7-24(18-22)37-23-14-16-34(2)17-15-23/h3-9,18,21,23,27,32H,10-17,19H2,1-2H3,(H,31,35)(H,33,36). The van der Waals surface area contributed by atoms with E-state index in [4.69, 9.17) is 4.74 Å². The third-order valence-electron chi connectivity index (χ3n) is 7.71. The number of carbonyl (C=O) groups is 2. The molecular weight excluding hydrogens is 464 g/mol. The molecule has 3 N–H and O–H groups in total. The summed E-state index contributed by atoms with van der Waals surface area (Å²) < 4.78 is 6.21. The number of aromatic amines is 1. The Balaban J connectivity index is 1.21. The number of aryl methyl sites for hydroxylation is 1. The lowest BCUT2D eigenvalue weighted by molar-refractivity contribution is -0.123. The van der Waals surface area contributed by atoms with E-state index in [1.165, 1.54) is 12.8 Å². The highest BCUT2D eigenvalue weighted by Crippen LogP contribution is 2.34. The van der Waals surface area contributed by atoms with Crippen LogP contribution in [0.4, 0.5) is 0 Å². The summed E-state index contributed by atoms with van der Waals surface area (Å²) in [5.74, 6) is 1.13. The van der Waals surface area contributed by atoms with Crippen LogP contribution in [0.2, 0.25) is 0 Å². The van der Waals surface area contributed by atoms with Crippen molar-refractivity contribution in [1.29, 1.82) is 0 Å². The van der Waals surface area contributed by atoms with Gasteiger partial charge in [0.15, 0.2) is 0 Å². The summed E-state index contributed by atoms with van der Waals surface area (Å²) in [6, 6.07) is 15.2. The van der Waals surface area contributed by atoms with Gasteiger partial charge in [0, 0.05) is 30.5 Å². The summed E-state index contributed by atoms with van der Waals surface area (Å²) >= 11 is 0. The molecule has 3 aromatic rings. The number of hydrogen-bond acceptors (Lipinski definition) is 4. The van der Waals surface area contributed by atoms with E-state index in [2.05, 4.69) is 27.6 Å². The second-order valence-corrected chi connectivity index (χ2v) is 10.7. The first kappa shape index (κ1) is 25.3. The number of hydrogen-bond donors (Lipinski definition) is 3. The quantitative estimate of drug-likeness (QED) is 0.380. The van der Waals surface area contributed by atoms with E-state index < -0.39 is 6.04 Å². The first-order valence-electron chi connectivity index (χ1n) is 13.6. The Kier molecular flexibility index (Phi) is 7.79. The van der Waals surface area contributed by atoms with Gasteiger partial charge in [-0.25, -0.2) is 0 Å². The minimum atomic E-state index is -0.572. The smallest absolute Gasteiger partial charge is 0.268 e. The molecule has 37 heavy (non-hydrogen) atoms. The van der Waals surface area contributed by atoms with E-state index in [9.17, 15) is 9.59 Å². The van der Waals surface area contributed by atoms with Crippen molar-refractivity contribution in [2.75, 3.05) is 20.1 Å². The van der Waals surface area contributed by atoms with Gasteiger partial charge in [0.25, 0.3) is 5.91 Å². The topological polar surface area (TPSA) is 86.5 Å². The Labute approximate surface area is 219 Å². The zero-order valence-electron chi connectivity index (χ0n) is 21.9. The fourth-order valence-electron chi connectivity index (χ4n) is 5.15. The van der Waals surface area contributed by atoms with E-state index in [-0.39, 0.29) is 17.9 Å². The molecule has 0 bridgehead atoms. The van der Waals surface area contributed by atoms with E-state index in [1.807, 2.05) is 55.5 Å². The highest BCUT2D eigenvalue weighted by molar-refractivity contribution is 6.02. The molecule has 2 fully saturated rings. The SMILES string of the molecule is Cc1c(C(=O)NC(CCC2CC2)C(=O)NCc2cccc(OC3CCN(C)CC3)c2)[nH]c2ccccc12. The number of benzene rings is 2. The summed E-state index contributed by atoms with van der Waals surface area (Å²) in [5.41, 5.74) is 3.32. The molecule has 2 heterocycles. The van der Waals surface area contributed by atoms with Crippen LogP contribution in [0.25, 0.3) is 10.9 Å². The van der Waals surface area contributed by atoms with Crippen LogP contribution >= 0.6 is 0 Å². The number of likely N-dealkylation sites (tertiary alicyclic amines) is 1. The van der Waals surface area contributed by atoms with Crippen molar-refractivity contribution < 1.29 is 14.3 Å². The number of fused-ring (bicyclic) bond motifs is 1. The van der Waals surface area contributed by atoms with Crippen molar-refractivity contribution in [3.63, 3.8) is 0 Å². The second-order valence-electron chi connectivity index (χ2n) is 10.7. The van der Waals surface area contributed by atoms with Gasteiger partial charge in [0.1, 0.15) is 23.6 Å². The summed E-state index contributed by atoms with van der Waals surface area (Å²) in [6.45, 7) is 4.43. The van der Waals surface area contributed by atoms with E-state index in [1.54, 1.807) is 0 Å². The van der Waals surface area contributed by atoms with E-state index in [0.29, 0.717) is 24.6 Å². The molecule has 1 aliphatic heterocycles. The third-order valence-corrected chi connectivity index (χ3v) is 7.71. The molecule has 1 saturated heterocycles. The van der Waals surface area contributed by atoms with Gasteiger partial charge in [-0.2, -0.15) is 0 Å². The van der Waals surface area contributed by atoms with Crippen molar-refractivity contribution in [3.05, 3.63) is 65.4 Å². The van der Waals surface area contributed by atoms with Gasteiger partial charge in [-0.3, -0.25) is 9.59 Å². The Morgan fingerprint density at radius 3 is 2.62 bits per heavy atom. The molecular formula is C30H38N4O3. The number of piperidine rings is 1. The molecule has 0 spiro atoms. The maximum atomic E-state index is 13.2. The highest BCUT2D eigenvalue weighted by Gasteiger charge is 2.28. The number of rotatable bonds is 10. The zero-order valence-corrected chi connectivity index (χ0v) is 21.9. The highest BCUT2D eigenvalue weighted by atomic mass is 16.5. The molecule has 1 unspecified atom stereocenters. The lowest BCUT2D eigenvalue weighted by Crippen LogP contribution is -2.46. The zero-order chi connectivity index (χ0) is 25.8. The lowest BCUT2D eigenvalue weighted by atomic mass is 10.1. The molecule has 5 rings (SSSR count). The Morgan fingerprint density at radius 2 is 1.86 bits per heavy atom. The Morgan fingerprint density at radius 1 is 1.08 bits per heavy atom. The molecule has 1 saturated carbocycles. The Hall–Kier alpha value is -3.32. The van der Waals surface area contributed by atoms with Gasteiger partial charge >= 0.3 is 0 Å². The van der Waals surface area contributed by atoms with Crippen molar-refractivity contribution in [3.8, 4) is 5.75 Å². The van der Waals surface area contributed by atoms with Crippen LogP contribution in [0.3, 0.4) is 0 Å². The van der Waals surface area contributed by atoms with Gasteiger partial charge in [0.2, 0.25) is 5.91 Å². The minimum Gasteiger partial charge on any atom is -0.490 e. The normalized spacial score (nSPS) is 17.5. The average Bonchev–Trinajstić information content (AvgIpc) is 3.68. The summed E-state index contributed by atoms with van der Waals surface area (Å²) in [6.07, 6.45) is 6.30. The Bertz CT molecular complexity index is 1240. The third kappa shape index (κ3) is 6.52. The number of ether oxygens (including phenoxy) is 1. The molecule has 1 aliphatic carbocycles. The van der Waals surface area contributed by atoms with Crippen LogP contribution in [-0.4, -0.2) is 54.0 Å². The van der Waals surface area contributed by atoms with Crippen LogP contribution in [-0.2, 0) is 11.3 Å². The molecule has 1 aromatic heterocycles. The molecule has 2 amide bonds. The number of para-hydroxylation sites is 1. The molecule has 1 atom stereocenters. The van der Waals surface area contributed by atoms with Crippen molar-refractivity contribution in [1.82, 2.24) is 20.5 Å². The fraction of sp³-hybridized carbons (Fsp3) is 0.467. The van der Waals surface area contributed by atoms with E-state index in [0.717, 1.165) is 60.1 Å². The van der Waals surface area contributed by atoms with Gasteiger partial charge in [-0.05, 0) is 74.9 Å². The number of nitrogens with one attached hydrogen (secondary N) is 3. The summed E-state index contributed by atoms with van der Waals surface area (Å²) in [5, 5.41) is 7.09. The molecule has 196 valence electrons. The number of aromatic nitrogens is 1. The maximum Gasteiger partial charge on any atom is 0.268 e. The first-order chi connectivity index (χ1) is 18.0. The van der Waals surface area contributed by atoms with Gasteiger partial charge < -0.3 is 25.3 Å². The summed E-state index contributed by atoms with van der Waals surface area (Å²) in [7, 11) is 2.14. The molecule has 0 radical (unpaired) electrons. The van der Waals surface area contributed by atoms with Crippen molar-refractivity contribution in [2.24, 2.45) is 5.92 Å². The van der Waals surface area contributed by atoms with Gasteiger partial charge in [-0.1, -0.05) is 43.2 Å². The fourth-order valence-corrected chi connectivity index (χ4v) is 5.15. The number of nitrogens with zero attached hydrogens (tertiary/aromatic N) is 1. The largest absolute Gasteiger partial charge is 0.490 e. The first-order valence-corrected chi connectivity index (χ1v) is 13.6. The predicted octanol–water partition coefficient (Wildman–Crippen LogP) is 4.55. The van der Waals surface area contributed by atoms with Crippen LogP contribution in [0.1, 0.15) is 60.1 Å². The molecule has 2 aromatic carbocycles. The van der Waals surface area contributed by atoms with Crippen LogP contribution in [0.15, 0.2) is 48.5 Å². The molecule has 7 nitrogen and oxygen atoms in total. The van der Waals surface area contributed by atoms with Crippen molar-refractivity contribution in [2.45, 2.75) is 64.1 Å². The van der Waals surface area contributed by atoms with Gasteiger partial charge in [0.05, 0.1) is 0 Å². The number of amides is 2. The monoisotopic (exact) mass is 502 g/mol. The van der Waals surface area contributed by atoms with Crippen LogP contribution in [0.5, 0.6) is 5.75 Å². The van der Waals surface area contributed by atoms with E-state index >= 15 is 0 Å². The molecule has 2 aliphatic rings. The second kappa shape index (κ2) is 11.4. The summed E-state index contributed by atoms with van der Waals surface area (Å²) in [4.78, 5) is 32.0. The maximum absolute atomic E-state index is 13.2. The number of H-pyrrole nitrogens is 1. The molecule has 7 heteroatoms. The lowest BCUT2D eigenvalue weighted by Gasteiger charge is -2.29. The van der Waals surface area contributed by atoms with Crippen molar-refractivity contribution >= 4 is 22.7 Å². The number of carbonyl (C=O) groups excluding carboxylic acids is 2.